The molecule has 1 aromatic rings. The van der Waals surface area contributed by atoms with E-state index in [4.69, 9.17) is 0 Å². The van der Waals surface area contributed by atoms with Gasteiger partial charge >= 0.3 is 0 Å². The van der Waals surface area contributed by atoms with Gasteiger partial charge in [0.2, 0.25) is 17.8 Å². The largest absolute Gasteiger partial charge is 0.357 e. The molecule has 1 saturated carbocycles. The van der Waals surface area contributed by atoms with Gasteiger partial charge < -0.3 is 15.5 Å². The molecule has 0 spiro atoms. The Bertz CT molecular complexity index is 485. The standard InChI is InChI=1S/C15H26N6/c1-10-6-7-12(11(10)2)17-14-18-13(16-3)19-15(20-14)21-8-4-5-9-21/h10-12H,4-9H2,1-3H3,(H2,16,17,18,19,20). The molecule has 0 bridgehead atoms. The molecule has 3 unspecified atom stereocenters. The molecule has 1 aliphatic heterocycles. The number of hydrogen-bond donors (Lipinski definition) is 2. The molecular formula is C15H26N6. The molecule has 6 nitrogen and oxygen atoms in total. The number of aromatic nitrogens is 3. The maximum absolute atomic E-state index is 4.64. The van der Waals surface area contributed by atoms with Gasteiger partial charge in [-0.15, -0.1) is 0 Å². The van der Waals surface area contributed by atoms with E-state index in [1.54, 1.807) is 0 Å². The second-order valence-electron chi connectivity index (χ2n) is 6.39. The summed E-state index contributed by atoms with van der Waals surface area (Å²) in [7, 11) is 1.85. The zero-order valence-corrected chi connectivity index (χ0v) is 13.3. The summed E-state index contributed by atoms with van der Waals surface area (Å²) < 4.78 is 0. The Morgan fingerprint density at radius 3 is 2.33 bits per heavy atom. The quantitative estimate of drug-likeness (QED) is 0.887. The molecule has 1 saturated heterocycles. The molecule has 2 aliphatic rings. The first-order valence-electron chi connectivity index (χ1n) is 8.12. The van der Waals surface area contributed by atoms with Crippen LogP contribution in [0.3, 0.4) is 0 Å². The molecule has 2 fully saturated rings. The lowest BCUT2D eigenvalue weighted by atomic mass is 9.98. The van der Waals surface area contributed by atoms with Gasteiger partial charge in [0.1, 0.15) is 0 Å². The first kappa shape index (κ1) is 14.4. The summed E-state index contributed by atoms with van der Waals surface area (Å²) in [5.41, 5.74) is 0. The van der Waals surface area contributed by atoms with Crippen LogP contribution < -0.4 is 15.5 Å². The molecule has 0 amide bonds. The van der Waals surface area contributed by atoms with Crippen LogP contribution in [0, 0.1) is 11.8 Å². The van der Waals surface area contributed by atoms with Crippen molar-refractivity contribution in [3.8, 4) is 0 Å². The van der Waals surface area contributed by atoms with Crippen molar-refractivity contribution in [1.82, 2.24) is 15.0 Å². The van der Waals surface area contributed by atoms with Crippen LogP contribution in [0.1, 0.15) is 39.5 Å². The van der Waals surface area contributed by atoms with E-state index >= 15 is 0 Å². The van der Waals surface area contributed by atoms with Crippen LogP contribution in [0.2, 0.25) is 0 Å². The van der Waals surface area contributed by atoms with Crippen molar-refractivity contribution in [2.24, 2.45) is 11.8 Å². The van der Waals surface area contributed by atoms with Gasteiger partial charge in [-0.3, -0.25) is 0 Å². The van der Waals surface area contributed by atoms with Gasteiger partial charge in [0.05, 0.1) is 0 Å². The van der Waals surface area contributed by atoms with Gasteiger partial charge in [-0.25, -0.2) is 0 Å². The van der Waals surface area contributed by atoms with Gasteiger partial charge in [0.25, 0.3) is 0 Å². The third kappa shape index (κ3) is 3.04. The number of anilines is 3. The second kappa shape index (κ2) is 6.03. The van der Waals surface area contributed by atoms with E-state index in [1.807, 2.05) is 7.05 Å². The molecule has 0 aromatic carbocycles. The molecule has 2 N–H and O–H groups in total. The lowest BCUT2D eigenvalue weighted by Gasteiger charge is -2.21. The molecular weight excluding hydrogens is 264 g/mol. The minimum atomic E-state index is 0.471. The predicted molar refractivity (Wildman–Crippen MR) is 85.8 cm³/mol. The summed E-state index contributed by atoms with van der Waals surface area (Å²) in [6.07, 6.45) is 4.92. The zero-order valence-electron chi connectivity index (χ0n) is 13.3. The highest BCUT2D eigenvalue weighted by atomic mass is 15.3. The fourth-order valence-electron chi connectivity index (χ4n) is 3.33. The van der Waals surface area contributed by atoms with E-state index in [0.29, 0.717) is 23.9 Å². The summed E-state index contributed by atoms with van der Waals surface area (Å²) in [6, 6.07) is 0.471. The SMILES string of the molecule is CNc1nc(NC2CCC(C)C2C)nc(N2CCCC2)n1. The normalized spacial score (nSPS) is 28.9. The first-order chi connectivity index (χ1) is 10.2. The zero-order chi connectivity index (χ0) is 14.8. The monoisotopic (exact) mass is 290 g/mol. The summed E-state index contributed by atoms with van der Waals surface area (Å²) in [4.78, 5) is 15.9. The van der Waals surface area contributed by atoms with Crippen molar-refractivity contribution in [3.05, 3.63) is 0 Å². The first-order valence-corrected chi connectivity index (χ1v) is 8.12. The van der Waals surface area contributed by atoms with Gasteiger partial charge in [-0.1, -0.05) is 13.8 Å². The van der Waals surface area contributed by atoms with Crippen molar-refractivity contribution in [3.63, 3.8) is 0 Å². The molecule has 6 heteroatoms. The molecule has 116 valence electrons. The Morgan fingerprint density at radius 2 is 1.71 bits per heavy atom. The van der Waals surface area contributed by atoms with Crippen LogP contribution in [0.15, 0.2) is 0 Å². The van der Waals surface area contributed by atoms with Crippen molar-refractivity contribution < 1.29 is 0 Å². The third-order valence-electron chi connectivity index (χ3n) is 5.02. The Hall–Kier alpha value is -1.59. The van der Waals surface area contributed by atoms with Gasteiger partial charge in [0.15, 0.2) is 0 Å². The third-order valence-corrected chi connectivity index (χ3v) is 5.02. The molecule has 2 heterocycles. The Balaban J connectivity index is 1.79. The number of nitrogens with one attached hydrogen (secondary N) is 2. The second-order valence-corrected chi connectivity index (χ2v) is 6.39. The van der Waals surface area contributed by atoms with Crippen LogP contribution in [-0.2, 0) is 0 Å². The lowest BCUT2D eigenvalue weighted by Crippen LogP contribution is -2.27. The van der Waals surface area contributed by atoms with Crippen LogP contribution in [-0.4, -0.2) is 41.1 Å². The van der Waals surface area contributed by atoms with Crippen LogP contribution in [0.5, 0.6) is 0 Å². The minimum absolute atomic E-state index is 0.471. The van der Waals surface area contributed by atoms with E-state index < -0.39 is 0 Å². The van der Waals surface area contributed by atoms with E-state index in [-0.39, 0.29) is 0 Å². The number of hydrogen-bond acceptors (Lipinski definition) is 6. The molecule has 0 radical (unpaired) electrons. The van der Waals surface area contributed by atoms with Crippen molar-refractivity contribution >= 4 is 17.8 Å². The number of rotatable bonds is 4. The van der Waals surface area contributed by atoms with E-state index in [2.05, 4.69) is 44.3 Å². The molecule has 21 heavy (non-hydrogen) atoms. The van der Waals surface area contributed by atoms with E-state index in [1.165, 1.54) is 25.7 Å². The highest BCUT2D eigenvalue weighted by Crippen LogP contribution is 2.33. The summed E-state index contributed by atoms with van der Waals surface area (Å²) in [6.45, 7) is 6.73. The smallest absolute Gasteiger partial charge is 0.231 e. The van der Waals surface area contributed by atoms with Crippen LogP contribution >= 0.6 is 0 Å². The fourth-order valence-corrected chi connectivity index (χ4v) is 3.33. The average molecular weight is 290 g/mol. The molecule has 3 atom stereocenters. The highest BCUT2D eigenvalue weighted by molar-refractivity contribution is 5.44. The number of nitrogens with zero attached hydrogens (tertiary/aromatic N) is 4. The van der Waals surface area contributed by atoms with E-state index in [9.17, 15) is 0 Å². The van der Waals surface area contributed by atoms with Crippen LogP contribution in [0.4, 0.5) is 17.8 Å². The highest BCUT2D eigenvalue weighted by Gasteiger charge is 2.30. The maximum atomic E-state index is 4.64. The topological polar surface area (TPSA) is 66.0 Å². The van der Waals surface area contributed by atoms with Crippen molar-refractivity contribution in [2.45, 2.75) is 45.6 Å². The molecule has 1 aliphatic carbocycles. The van der Waals surface area contributed by atoms with E-state index in [0.717, 1.165) is 25.0 Å². The Kier molecular flexibility index (Phi) is 4.12. The average Bonchev–Trinajstić information content (AvgIpc) is 3.13. The van der Waals surface area contributed by atoms with Gasteiger partial charge in [0, 0.05) is 26.2 Å². The molecule has 1 aromatic heterocycles. The summed E-state index contributed by atoms with van der Waals surface area (Å²) in [5.74, 6) is 3.59. The minimum Gasteiger partial charge on any atom is -0.357 e. The maximum Gasteiger partial charge on any atom is 0.231 e. The van der Waals surface area contributed by atoms with Gasteiger partial charge in [-0.2, -0.15) is 15.0 Å². The summed E-state index contributed by atoms with van der Waals surface area (Å²) in [5, 5.41) is 6.58. The Morgan fingerprint density at radius 1 is 1.00 bits per heavy atom. The van der Waals surface area contributed by atoms with Crippen molar-refractivity contribution in [2.75, 3.05) is 35.7 Å². The predicted octanol–water partition coefficient (Wildman–Crippen LogP) is 2.36. The summed E-state index contributed by atoms with van der Waals surface area (Å²) >= 11 is 0. The fraction of sp³-hybridized carbons (Fsp3) is 0.800. The van der Waals surface area contributed by atoms with Gasteiger partial charge in [-0.05, 0) is 37.5 Å². The molecule has 3 rings (SSSR count). The van der Waals surface area contributed by atoms with Crippen molar-refractivity contribution in [1.29, 1.82) is 0 Å². The lowest BCUT2D eigenvalue weighted by molar-refractivity contribution is 0.434. The Labute approximate surface area is 126 Å². The van der Waals surface area contributed by atoms with Crippen LogP contribution in [0.25, 0.3) is 0 Å².